The summed E-state index contributed by atoms with van der Waals surface area (Å²) in [7, 11) is -9.92. The van der Waals surface area contributed by atoms with Gasteiger partial charge in [-0.3, -0.25) is 37.3 Å². The number of rotatable bonds is 79. The normalized spacial score (nSPS) is 13.9. The van der Waals surface area contributed by atoms with Crippen molar-refractivity contribution in [2.24, 2.45) is 0 Å². The van der Waals surface area contributed by atoms with E-state index in [0.29, 0.717) is 25.7 Å². The highest BCUT2D eigenvalue weighted by molar-refractivity contribution is 7.47. The van der Waals surface area contributed by atoms with Crippen molar-refractivity contribution in [3.05, 3.63) is 12.2 Å². The number of allylic oxidation sites excluding steroid dienone is 2. The predicted octanol–water partition coefficient (Wildman–Crippen LogP) is 23.6. The molecule has 0 heterocycles. The van der Waals surface area contributed by atoms with Crippen molar-refractivity contribution >= 4 is 39.5 Å². The molecule has 0 amide bonds. The van der Waals surface area contributed by atoms with E-state index in [2.05, 4.69) is 39.8 Å². The summed E-state index contributed by atoms with van der Waals surface area (Å²) in [6.07, 6.45) is 66.1. The zero-order valence-electron chi connectivity index (χ0n) is 63.5. The zero-order valence-corrected chi connectivity index (χ0v) is 65.3. The molecule has 5 atom stereocenters. The van der Waals surface area contributed by atoms with Crippen molar-refractivity contribution in [3.8, 4) is 0 Å². The number of carbonyl (C=O) groups excluding carboxylic acids is 4. The van der Waals surface area contributed by atoms with E-state index in [1.165, 1.54) is 225 Å². The van der Waals surface area contributed by atoms with Crippen LogP contribution in [0.1, 0.15) is 413 Å². The summed E-state index contributed by atoms with van der Waals surface area (Å²) >= 11 is 0. The van der Waals surface area contributed by atoms with Gasteiger partial charge in [-0.05, 0) is 51.4 Å². The predicted molar refractivity (Wildman–Crippen MR) is 400 cm³/mol. The van der Waals surface area contributed by atoms with Crippen molar-refractivity contribution in [1.29, 1.82) is 0 Å². The van der Waals surface area contributed by atoms with Crippen LogP contribution in [-0.2, 0) is 65.4 Å². The summed E-state index contributed by atoms with van der Waals surface area (Å²) in [6.45, 7) is 4.99. The van der Waals surface area contributed by atoms with Crippen molar-refractivity contribution in [3.63, 3.8) is 0 Å². The molecule has 5 unspecified atom stereocenters. The average molecular weight is 1440 g/mol. The van der Waals surface area contributed by atoms with E-state index in [9.17, 15) is 43.2 Å². The summed E-state index contributed by atoms with van der Waals surface area (Å²) in [5.74, 6) is -2.12. The van der Waals surface area contributed by atoms with Crippen LogP contribution in [0.2, 0.25) is 0 Å². The maximum atomic E-state index is 13.1. The maximum Gasteiger partial charge on any atom is 0.472 e. The van der Waals surface area contributed by atoms with E-state index in [4.69, 9.17) is 37.0 Å². The first-order chi connectivity index (χ1) is 47.7. The maximum absolute atomic E-state index is 13.1. The zero-order chi connectivity index (χ0) is 71.8. The SMILES string of the molecule is CCCCCCCC/C=C\CCCCCCCC(=O)OCC(COP(=O)(O)OCC(O)COP(=O)(O)OCC(COC(=O)CCCCCCCCCCCCCCCCC)OC(=O)CCCCCCCCCCCCCCCCC)OC(=O)CCCCCCCCCCCCCCC. The molecule has 19 heteroatoms. The third-order valence-corrected chi connectivity index (χ3v) is 20.2. The number of carbonyl (C=O) groups is 4. The van der Waals surface area contributed by atoms with Crippen LogP contribution in [0.25, 0.3) is 0 Å². The fraction of sp³-hybridized carbons (Fsp3) is 0.924. The lowest BCUT2D eigenvalue weighted by Crippen LogP contribution is -2.30. The molecule has 0 spiro atoms. The van der Waals surface area contributed by atoms with Gasteiger partial charge in [0.05, 0.1) is 26.4 Å². The molecule has 0 aliphatic carbocycles. The summed E-state index contributed by atoms with van der Waals surface area (Å²) in [4.78, 5) is 73.0. The van der Waals surface area contributed by atoms with Crippen molar-refractivity contribution < 1.29 is 80.2 Å². The largest absolute Gasteiger partial charge is 0.472 e. The molecule has 0 saturated heterocycles. The van der Waals surface area contributed by atoms with Crippen molar-refractivity contribution in [2.75, 3.05) is 39.6 Å². The third-order valence-electron chi connectivity index (χ3n) is 18.3. The van der Waals surface area contributed by atoms with Gasteiger partial charge >= 0.3 is 39.5 Å². The van der Waals surface area contributed by atoms with Gasteiger partial charge in [0, 0.05) is 25.7 Å². The minimum Gasteiger partial charge on any atom is -0.462 e. The highest BCUT2D eigenvalue weighted by atomic mass is 31.2. The Morgan fingerprint density at radius 3 is 0.704 bits per heavy atom. The minimum atomic E-state index is -4.96. The fourth-order valence-corrected chi connectivity index (χ4v) is 13.6. The molecule has 0 rings (SSSR count). The van der Waals surface area contributed by atoms with Gasteiger partial charge in [0.1, 0.15) is 19.3 Å². The molecule has 0 fully saturated rings. The molecule has 0 aliphatic heterocycles. The molecule has 0 aromatic rings. The van der Waals surface area contributed by atoms with Gasteiger partial charge in [-0.1, -0.05) is 348 Å². The van der Waals surface area contributed by atoms with Gasteiger partial charge < -0.3 is 33.8 Å². The van der Waals surface area contributed by atoms with Gasteiger partial charge in [0.2, 0.25) is 0 Å². The molecule has 98 heavy (non-hydrogen) atoms. The second kappa shape index (κ2) is 73.1. The third kappa shape index (κ3) is 72.2. The first-order valence-electron chi connectivity index (χ1n) is 40.9. The lowest BCUT2D eigenvalue weighted by molar-refractivity contribution is -0.161. The molecular formula is C79H152O17P2. The number of aliphatic hydroxyl groups excluding tert-OH is 1. The number of hydrogen-bond acceptors (Lipinski definition) is 15. The lowest BCUT2D eigenvalue weighted by atomic mass is 10.0. The van der Waals surface area contributed by atoms with E-state index >= 15 is 0 Å². The molecule has 0 aliphatic rings. The monoisotopic (exact) mass is 1440 g/mol. The van der Waals surface area contributed by atoms with Gasteiger partial charge in [-0.15, -0.1) is 0 Å². The molecule has 580 valence electrons. The lowest BCUT2D eigenvalue weighted by Gasteiger charge is -2.21. The first kappa shape index (κ1) is 95.8. The second-order valence-corrected chi connectivity index (χ2v) is 31.0. The van der Waals surface area contributed by atoms with Crippen LogP contribution in [0.4, 0.5) is 0 Å². The standard InChI is InChI=1S/C79H152O17P2/c1-5-9-13-17-21-25-29-33-36-40-43-47-51-55-59-63-76(81)89-69-74(95-78(83)65-61-57-53-49-45-39-32-28-24-20-16-12-8-4)71-93-97(85,86)91-67-73(80)68-92-98(87,88)94-72-75(96-79(84)66-62-58-54-50-46-42-38-35-31-27-23-19-15-11-7-3)70-90-77(82)64-60-56-52-48-44-41-37-34-30-26-22-18-14-10-6-2/h33,36,73-75,80H,5-32,34-35,37-72H2,1-4H3,(H,85,86)(H,87,88)/b36-33-. The summed E-state index contributed by atoms with van der Waals surface area (Å²) < 4.78 is 68.7. The van der Waals surface area contributed by atoms with Gasteiger partial charge in [-0.2, -0.15) is 0 Å². The smallest absolute Gasteiger partial charge is 0.462 e. The second-order valence-electron chi connectivity index (χ2n) is 28.1. The van der Waals surface area contributed by atoms with Gasteiger partial charge in [0.25, 0.3) is 0 Å². The Labute approximate surface area is 600 Å². The number of aliphatic hydroxyl groups is 1. The molecule has 0 radical (unpaired) electrons. The van der Waals surface area contributed by atoms with Gasteiger partial charge in [0.15, 0.2) is 12.2 Å². The average Bonchev–Trinajstić information content (AvgIpc) is 0.959. The molecule has 0 aromatic heterocycles. The van der Waals surface area contributed by atoms with Crippen LogP contribution >= 0.6 is 15.6 Å². The molecule has 0 aromatic carbocycles. The molecule has 0 saturated carbocycles. The number of ether oxygens (including phenoxy) is 4. The minimum absolute atomic E-state index is 0.105. The molecule has 3 N–H and O–H groups in total. The van der Waals surface area contributed by atoms with Crippen LogP contribution < -0.4 is 0 Å². The van der Waals surface area contributed by atoms with Crippen LogP contribution in [0.5, 0.6) is 0 Å². The van der Waals surface area contributed by atoms with E-state index in [1.807, 2.05) is 0 Å². The molecule has 17 nitrogen and oxygen atoms in total. The first-order valence-corrected chi connectivity index (χ1v) is 43.9. The Bertz CT molecular complexity index is 1910. The topological polar surface area (TPSA) is 237 Å². The van der Waals surface area contributed by atoms with Gasteiger partial charge in [-0.25, -0.2) is 9.13 Å². The Kier molecular flexibility index (Phi) is 71.5. The number of unbranched alkanes of at least 4 members (excludes halogenated alkanes) is 51. The van der Waals surface area contributed by atoms with Crippen LogP contribution in [0.15, 0.2) is 12.2 Å². The van der Waals surface area contributed by atoms with Crippen LogP contribution in [0, 0.1) is 0 Å². The fourth-order valence-electron chi connectivity index (χ4n) is 12.0. The summed E-state index contributed by atoms with van der Waals surface area (Å²) in [5, 5.41) is 10.6. The summed E-state index contributed by atoms with van der Waals surface area (Å²) in [6, 6.07) is 0. The van der Waals surface area contributed by atoms with Crippen LogP contribution in [-0.4, -0.2) is 96.7 Å². The van der Waals surface area contributed by atoms with E-state index in [1.54, 1.807) is 0 Å². The highest BCUT2D eigenvalue weighted by Crippen LogP contribution is 2.45. The Balaban J connectivity index is 5.28. The van der Waals surface area contributed by atoms with Crippen molar-refractivity contribution in [1.82, 2.24) is 0 Å². The Morgan fingerprint density at radius 2 is 0.469 bits per heavy atom. The Morgan fingerprint density at radius 1 is 0.276 bits per heavy atom. The molecular weight excluding hydrogens is 1280 g/mol. The quantitative estimate of drug-likeness (QED) is 0.0169. The van der Waals surface area contributed by atoms with Crippen LogP contribution in [0.3, 0.4) is 0 Å². The van der Waals surface area contributed by atoms with E-state index in [0.717, 1.165) is 109 Å². The Hall–Kier alpha value is -2.20. The number of phosphoric ester groups is 2. The van der Waals surface area contributed by atoms with E-state index < -0.39 is 97.5 Å². The molecule has 0 bridgehead atoms. The highest BCUT2D eigenvalue weighted by Gasteiger charge is 2.30. The summed E-state index contributed by atoms with van der Waals surface area (Å²) in [5.41, 5.74) is 0. The number of phosphoric acid groups is 2. The van der Waals surface area contributed by atoms with Crippen molar-refractivity contribution in [2.45, 2.75) is 431 Å². The van der Waals surface area contributed by atoms with E-state index in [-0.39, 0.29) is 25.7 Å². The number of hydrogen-bond donors (Lipinski definition) is 3. The number of esters is 4.